The van der Waals surface area contributed by atoms with Crippen LogP contribution in [0.15, 0.2) is 58.1 Å². The molecule has 0 saturated heterocycles. The van der Waals surface area contributed by atoms with Gasteiger partial charge in [0.25, 0.3) is 11.5 Å². The lowest BCUT2D eigenvalue weighted by atomic mass is 10.2. The molecular weight excluding hydrogens is 427 g/mol. The molecule has 9 heteroatoms. The van der Waals surface area contributed by atoms with Crippen LogP contribution in [-0.2, 0) is 6.54 Å². The van der Waals surface area contributed by atoms with Gasteiger partial charge in [0.05, 0.1) is 12.1 Å². The van der Waals surface area contributed by atoms with Gasteiger partial charge in [-0.2, -0.15) is 0 Å². The summed E-state index contributed by atoms with van der Waals surface area (Å²) in [5.41, 5.74) is -0.367. The average Bonchev–Trinajstić information content (AvgIpc) is 2.61. The summed E-state index contributed by atoms with van der Waals surface area (Å²) in [5.74, 6) is -3.30. The molecular formula is C18H11BrF3N3O2. The molecule has 0 radical (unpaired) electrons. The lowest BCUT2D eigenvalue weighted by Crippen LogP contribution is -2.25. The van der Waals surface area contributed by atoms with Gasteiger partial charge in [-0.15, -0.1) is 0 Å². The molecule has 0 atom stereocenters. The lowest BCUT2D eigenvalue weighted by molar-refractivity contribution is 0.102. The van der Waals surface area contributed by atoms with E-state index in [4.69, 9.17) is 0 Å². The molecule has 0 spiro atoms. The molecule has 27 heavy (non-hydrogen) atoms. The van der Waals surface area contributed by atoms with E-state index in [1.807, 2.05) is 0 Å². The largest absolute Gasteiger partial charge is 0.305 e. The summed E-state index contributed by atoms with van der Waals surface area (Å²) in [4.78, 5) is 28.5. The Labute approximate surface area is 159 Å². The van der Waals surface area contributed by atoms with Crippen LogP contribution in [-0.4, -0.2) is 15.5 Å². The first-order chi connectivity index (χ1) is 12.8. The molecule has 1 amide bonds. The fourth-order valence-electron chi connectivity index (χ4n) is 2.34. The van der Waals surface area contributed by atoms with Gasteiger partial charge in [-0.05, 0) is 45.8 Å². The van der Waals surface area contributed by atoms with Crippen LogP contribution in [0.3, 0.4) is 0 Å². The van der Waals surface area contributed by atoms with Gasteiger partial charge in [0.1, 0.15) is 28.3 Å². The van der Waals surface area contributed by atoms with Gasteiger partial charge in [-0.1, -0.05) is 12.1 Å². The highest BCUT2D eigenvalue weighted by atomic mass is 79.9. The first-order valence-electron chi connectivity index (χ1n) is 7.61. The Hall–Kier alpha value is -2.94. The molecule has 1 N–H and O–H groups in total. The van der Waals surface area contributed by atoms with Crippen molar-refractivity contribution in [3.05, 3.63) is 92.2 Å². The van der Waals surface area contributed by atoms with Crippen molar-refractivity contribution in [2.75, 3.05) is 5.32 Å². The van der Waals surface area contributed by atoms with Gasteiger partial charge in [0.2, 0.25) is 0 Å². The van der Waals surface area contributed by atoms with Crippen molar-refractivity contribution in [2.24, 2.45) is 0 Å². The number of nitrogens with zero attached hydrogens (tertiary/aromatic N) is 2. The molecule has 0 aliphatic heterocycles. The number of carbonyl (C=O) groups is 1. The van der Waals surface area contributed by atoms with Crippen molar-refractivity contribution in [2.45, 2.75) is 6.54 Å². The first kappa shape index (κ1) is 18.8. The lowest BCUT2D eigenvalue weighted by Gasteiger charge is -2.10. The van der Waals surface area contributed by atoms with Gasteiger partial charge in [0.15, 0.2) is 5.82 Å². The van der Waals surface area contributed by atoms with E-state index < -0.39 is 34.5 Å². The Bertz CT molecular complexity index is 1090. The second kappa shape index (κ2) is 7.75. The van der Waals surface area contributed by atoms with E-state index in [-0.39, 0.29) is 16.8 Å². The van der Waals surface area contributed by atoms with Crippen LogP contribution in [0.4, 0.5) is 19.0 Å². The van der Waals surface area contributed by atoms with Crippen molar-refractivity contribution in [3.8, 4) is 0 Å². The number of anilines is 1. The van der Waals surface area contributed by atoms with Crippen LogP contribution >= 0.6 is 15.9 Å². The monoisotopic (exact) mass is 437 g/mol. The second-order valence-corrected chi connectivity index (χ2v) is 6.34. The molecule has 0 aliphatic rings. The average molecular weight is 438 g/mol. The third-order valence-electron chi connectivity index (χ3n) is 3.63. The standard InChI is InChI=1S/C18H11BrF3N3O2/c19-15-16(24-17(26)13-5-4-12(21)7-14(13)22)23-9-25(18(15)27)8-10-2-1-3-11(20)6-10/h1-7,9H,8H2,(H,24,26). The number of nitrogens with one attached hydrogen (secondary N) is 1. The first-order valence-corrected chi connectivity index (χ1v) is 8.40. The molecule has 5 nitrogen and oxygen atoms in total. The quantitative estimate of drug-likeness (QED) is 0.676. The van der Waals surface area contributed by atoms with Crippen molar-refractivity contribution in [1.82, 2.24) is 9.55 Å². The minimum atomic E-state index is -1.04. The molecule has 1 aromatic heterocycles. The Kier molecular flexibility index (Phi) is 5.41. The van der Waals surface area contributed by atoms with E-state index in [1.165, 1.54) is 29.1 Å². The van der Waals surface area contributed by atoms with Gasteiger partial charge >= 0.3 is 0 Å². The molecule has 0 aliphatic carbocycles. The van der Waals surface area contributed by atoms with Crippen LogP contribution in [0.1, 0.15) is 15.9 Å². The number of amides is 1. The maximum atomic E-state index is 13.7. The summed E-state index contributed by atoms with van der Waals surface area (Å²) in [5, 5.41) is 2.30. The fraction of sp³-hybridized carbons (Fsp3) is 0.0556. The summed E-state index contributed by atoms with van der Waals surface area (Å²) < 4.78 is 41.1. The Balaban J connectivity index is 1.84. The van der Waals surface area contributed by atoms with E-state index in [0.717, 1.165) is 12.1 Å². The van der Waals surface area contributed by atoms with Crippen molar-refractivity contribution < 1.29 is 18.0 Å². The molecule has 1 heterocycles. The summed E-state index contributed by atoms with van der Waals surface area (Å²) in [6, 6.07) is 8.24. The predicted molar refractivity (Wildman–Crippen MR) is 96.0 cm³/mol. The summed E-state index contributed by atoms with van der Waals surface area (Å²) in [6.45, 7) is 0.0724. The SMILES string of the molecule is O=C(Nc1ncn(Cc2cccc(F)c2)c(=O)c1Br)c1ccc(F)cc1F. The molecule has 0 unspecified atom stereocenters. The highest BCUT2D eigenvalue weighted by Crippen LogP contribution is 2.17. The molecule has 3 rings (SSSR count). The number of hydrogen-bond acceptors (Lipinski definition) is 3. The van der Waals surface area contributed by atoms with E-state index in [1.54, 1.807) is 6.07 Å². The predicted octanol–water partition coefficient (Wildman–Crippen LogP) is 3.72. The number of rotatable bonds is 4. The third kappa shape index (κ3) is 4.25. The topological polar surface area (TPSA) is 64.0 Å². The molecule has 2 aromatic carbocycles. The Morgan fingerprint density at radius 3 is 2.56 bits per heavy atom. The van der Waals surface area contributed by atoms with Gasteiger partial charge in [0, 0.05) is 6.07 Å². The minimum absolute atomic E-state index is 0.0581. The Morgan fingerprint density at radius 1 is 1.11 bits per heavy atom. The molecule has 0 fully saturated rings. The second-order valence-electron chi connectivity index (χ2n) is 5.55. The van der Waals surface area contributed by atoms with Gasteiger partial charge in [-0.3, -0.25) is 14.2 Å². The number of hydrogen-bond donors (Lipinski definition) is 1. The van der Waals surface area contributed by atoms with Gasteiger partial charge in [-0.25, -0.2) is 18.2 Å². The Morgan fingerprint density at radius 2 is 1.85 bits per heavy atom. The number of carbonyl (C=O) groups excluding carboxylic acids is 1. The van der Waals surface area contributed by atoms with Crippen LogP contribution in [0, 0.1) is 17.5 Å². The van der Waals surface area contributed by atoms with E-state index in [9.17, 15) is 22.8 Å². The molecule has 3 aromatic rings. The van der Waals surface area contributed by atoms with E-state index in [2.05, 4.69) is 26.2 Å². The highest BCUT2D eigenvalue weighted by Gasteiger charge is 2.17. The van der Waals surface area contributed by atoms with E-state index in [0.29, 0.717) is 11.6 Å². The summed E-state index contributed by atoms with van der Waals surface area (Å²) in [6.07, 6.45) is 1.18. The fourth-order valence-corrected chi connectivity index (χ4v) is 2.77. The third-order valence-corrected chi connectivity index (χ3v) is 4.35. The maximum Gasteiger partial charge on any atom is 0.270 e. The van der Waals surface area contributed by atoms with E-state index >= 15 is 0 Å². The zero-order valence-electron chi connectivity index (χ0n) is 13.5. The smallest absolute Gasteiger partial charge is 0.270 e. The summed E-state index contributed by atoms with van der Waals surface area (Å²) in [7, 11) is 0. The summed E-state index contributed by atoms with van der Waals surface area (Å²) >= 11 is 3.05. The zero-order chi connectivity index (χ0) is 19.6. The van der Waals surface area contributed by atoms with Crippen LogP contribution in [0.5, 0.6) is 0 Å². The van der Waals surface area contributed by atoms with Gasteiger partial charge < -0.3 is 5.32 Å². The number of aromatic nitrogens is 2. The number of benzene rings is 2. The van der Waals surface area contributed by atoms with Crippen molar-refractivity contribution >= 4 is 27.7 Å². The maximum absolute atomic E-state index is 13.7. The highest BCUT2D eigenvalue weighted by molar-refractivity contribution is 9.10. The van der Waals surface area contributed by atoms with Crippen LogP contribution < -0.4 is 10.9 Å². The number of halogens is 4. The minimum Gasteiger partial charge on any atom is -0.305 e. The normalized spacial score (nSPS) is 10.7. The van der Waals surface area contributed by atoms with Crippen LogP contribution in [0.2, 0.25) is 0 Å². The van der Waals surface area contributed by atoms with Crippen molar-refractivity contribution in [1.29, 1.82) is 0 Å². The zero-order valence-corrected chi connectivity index (χ0v) is 15.1. The van der Waals surface area contributed by atoms with Crippen LogP contribution in [0.25, 0.3) is 0 Å². The molecule has 0 saturated carbocycles. The molecule has 0 bridgehead atoms. The van der Waals surface area contributed by atoms with Crippen molar-refractivity contribution in [3.63, 3.8) is 0 Å². The molecule has 138 valence electrons.